The normalized spacial score (nSPS) is 11.3. The van der Waals surface area contributed by atoms with E-state index in [0.717, 1.165) is 12.8 Å². The van der Waals surface area contributed by atoms with E-state index in [2.05, 4.69) is 20.7 Å². The highest BCUT2D eigenvalue weighted by Crippen LogP contribution is 2.23. The summed E-state index contributed by atoms with van der Waals surface area (Å²) in [7, 11) is 0.952. The third-order valence-electron chi connectivity index (χ3n) is 2.49. The van der Waals surface area contributed by atoms with Crippen molar-refractivity contribution < 1.29 is 4.39 Å². The molecule has 1 aromatic carbocycles. The summed E-state index contributed by atoms with van der Waals surface area (Å²) in [5.41, 5.74) is 0.813. The second-order valence-corrected chi connectivity index (χ2v) is 3.72. The maximum atomic E-state index is 13.3. The lowest BCUT2D eigenvalue weighted by Crippen LogP contribution is -2.24. The molecule has 0 amide bonds. The molecule has 0 bridgehead atoms. The van der Waals surface area contributed by atoms with Crippen LogP contribution in [-0.2, 0) is 5.31 Å². The van der Waals surface area contributed by atoms with Gasteiger partial charge in [0.1, 0.15) is 13.1 Å². The van der Waals surface area contributed by atoms with Gasteiger partial charge >= 0.3 is 0 Å². The first kappa shape index (κ1) is 9.30. The second-order valence-electron chi connectivity index (χ2n) is 3.72. The largest absolute Gasteiger partial charge is 0.207 e. The molecule has 2 heteroatoms. The Morgan fingerprint density at radius 2 is 1.83 bits per heavy atom. The van der Waals surface area contributed by atoms with Gasteiger partial charge in [-0.1, -0.05) is 38.9 Å². The monoisotopic (exact) mass is 164 g/mol. The van der Waals surface area contributed by atoms with Crippen LogP contribution in [0.1, 0.15) is 19.4 Å². The summed E-state index contributed by atoms with van der Waals surface area (Å²) < 4.78 is 13.3. The summed E-state index contributed by atoms with van der Waals surface area (Å²) in [5.74, 6) is -0.0932. The zero-order valence-corrected chi connectivity index (χ0v) is 7.89. The van der Waals surface area contributed by atoms with Gasteiger partial charge in [-0.15, -0.1) is 0 Å². The van der Waals surface area contributed by atoms with Crippen LogP contribution in [0.15, 0.2) is 24.3 Å². The fourth-order valence-corrected chi connectivity index (χ4v) is 1.20. The fourth-order valence-electron chi connectivity index (χ4n) is 1.20. The Balaban J connectivity index is 3.10. The van der Waals surface area contributed by atoms with Crippen LogP contribution >= 0.6 is 0 Å². The number of halogens is 1. The molecule has 0 saturated carbocycles. The fraction of sp³-hybridized carbons (Fsp3) is 0.400. The van der Waals surface area contributed by atoms with Crippen LogP contribution in [0.3, 0.4) is 0 Å². The van der Waals surface area contributed by atoms with E-state index in [9.17, 15) is 4.39 Å². The predicted molar refractivity (Wildman–Crippen MR) is 52.4 cm³/mol. The van der Waals surface area contributed by atoms with E-state index in [-0.39, 0.29) is 11.1 Å². The first-order chi connectivity index (χ1) is 5.58. The van der Waals surface area contributed by atoms with Gasteiger partial charge in [-0.25, -0.2) is 4.39 Å². The van der Waals surface area contributed by atoms with Crippen molar-refractivity contribution in [1.82, 2.24) is 0 Å². The molecule has 12 heavy (non-hydrogen) atoms. The Morgan fingerprint density at radius 1 is 1.25 bits per heavy atom. The minimum atomic E-state index is -0.0932. The van der Waals surface area contributed by atoms with Crippen molar-refractivity contribution >= 4 is 7.28 Å². The first-order valence-corrected chi connectivity index (χ1v) is 4.33. The zero-order valence-electron chi connectivity index (χ0n) is 7.89. The summed E-state index contributed by atoms with van der Waals surface area (Å²) in [6.07, 6.45) is 0. The van der Waals surface area contributed by atoms with Gasteiger partial charge in [0.2, 0.25) is 0 Å². The Kier molecular flexibility index (Phi) is 2.56. The highest BCUT2D eigenvalue weighted by Gasteiger charge is 2.21. The van der Waals surface area contributed by atoms with Crippen molar-refractivity contribution in [3.8, 4) is 0 Å². The first-order valence-electron chi connectivity index (χ1n) is 4.33. The smallest absolute Gasteiger partial charge is 0.130 e. The molecule has 1 rings (SSSR count). The quantitative estimate of drug-likeness (QED) is 0.589. The third kappa shape index (κ3) is 1.68. The Labute approximate surface area is 74.0 Å². The van der Waals surface area contributed by atoms with Gasteiger partial charge in [-0.3, -0.25) is 0 Å². The van der Waals surface area contributed by atoms with E-state index < -0.39 is 0 Å². The summed E-state index contributed by atoms with van der Waals surface area (Å²) in [4.78, 5) is 0. The van der Waals surface area contributed by atoms with E-state index in [1.807, 2.05) is 12.1 Å². The molecule has 0 aliphatic rings. The molecule has 0 fully saturated rings. The third-order valence-corrected chi connectivity index (χ3v) is 2.49. The van der Waals surface area contributed by atoms with Crippen molar-refractivity contribution in [2.24, 2.45) is 0 Å². The van der Waals surface area contributed by atoms with Crippen molar-refractivity contribution in [2.75, 3.05) is 0 Å². The molecule has 0 saturated heterocycles. The summed E-state index contributed by atoms with van der Waals surface area (Å²) in [6.45, 7) is 6.20. The van der Waals surface area contributed by atoms with Gasteiger partial charge in [0.05, 0.1) is 0 Å². The molecule has 64 valence electrons. The van der Waals surface area contributed by atoms with Crippen molar-refractivity contribution in [2.45, 2.75) is 26.0 Å². The van der Waals surface area contributed by atoms with Crippen LogP contribution in [0.5, 0.6) is 0 Å². The summed E-state index contributed by atoms with van der Waals surface area (Å²) in [6, 6.07) is 6.99. The van der Waals surface area contributed by atoms with Gasteiger partial charge in [0, 0.05) is 0 Å². The molecule has 0 aliphatic carbocycles. The highest BCUT2D eigenvalue weighted by atomic mass is 19.1. The molecule has 0 N–H and O–H groups in total. The molecule has 0 nitrogen and oxygen atoms in total. The summed E-state index contributed by atoms with van der Waals surface area (Å²) >= 11 is 0. The number of hydrogen-bond acceptors (Lipinski definition) is 0. The lowest BCUT2D eigenvalue weighted by atomic mass is 9.53. The predicted octanol–water partition coefficient (Wildman–Crippen LogP) is 2.55. The second kappa shape index (κ2) is 3.30. The van der Waals surface area contributed by atoms with Crippen LogP contribution in [0.4, 0.5) is 4.39 Å². The number of benzene rings is 1. The van der Waals surface area contributed by atoms with E-state index in [4.69, 9.17) is 0 Å². The molecule has 0 spiro atoms. The van der Waals surface area contributed by atoms with Crippen LogP contribution in [-0.4, -0.2) is 7.28 Å². The molecule has 0 aliphatic heterocycles. The topological polar surface area (TPSA) is 0 Å². The average Bonchev–Trinajstić information content (AvgIpc) is 2.05. The van der Waals surface area contributed by atoms with E-state index in [0.29, 0.717) is 0 Å². The molecule has 1 aromatic rings. The van der Waals surface area contributed by atoms with Crippen molar-refractivity contribution in [3.05, 3.63) is 35.6 Å². The minimum absolute atomic E-state index is 0.0503. The van der Waals surface area contributed by atoms with E-state index in [1.165, 1.54) is 6.07 Å². The zero-order chi connectivity index (χ0) is 9.19. The summed E-state index contributed by atoms with van der Waals surface area (Å²) in [5, 5.41) is -0.0503. The van der Waals surface area contributed by atoms with Gasteiger partial charge in [-0.2, -0.15) is 0 Å². The molecule has 0 radical (unpaired) electrons. The van der Waals surface area contributed by atoms with Crippen LogP contribution in [0.25, 0.3) is 0 Å². The van der Waals surface area contributed by atoms with Crippen LogP contribution in [0.2, 0.25) is 6.82 Å². The van der Waals surface area contributed by atoms with Gasteiger partial charge in [0.15, 0.2) is 0 Å². The lowest BCUT2D eigenvalue weighted by Gasteiger charge is -2.22. The Hall–Kier alpha value is -0.785. The SMILES string of the molecule is CBC(C)(C)c1ccccc1F. The minimum Gasteiger partial charge on any atom is -0.207 e. The number of hydrogen-bond donors (Lipinski definition) is 0. The van der Waals surface area contributed by atoms with Crippen LogP contribution in [0, 0.1) is 5.82 Å². The molecule has 0 atom stereocenters. The maximum Gasteiger partial charge on any atom is 0.130 e. The number of rotatable bonds is 2. The molecular formula is C10H14BF. The van der Waals surface area contributed by atoms with Gasteiger partial charge in [0.25, 0.3) is 0 Å². The molecule has 0 heterocycles. The maximum absolute atomic E-state index is 13.3. The Morgan fingerprint density at radius 3 is 2.33 bits per heavy atom. The Bertz CT molecular complexity index is 268. The van der Waals surface area contributed by atoms with Crippen molar-refractivity contribution in [1.29, 1.82) is 0 Å². The average molecular weight is 164 g/mol. The standard InChI is InChI=1S/C10H14BF/c1-10(2,11-3)8-6-4-5-7-9(8)12/h4-7,11H,1-3H3. The van der Waals surface area contributed by atoms with E-state index >= 15 is 0 Å². The van der Waals surface area contributed by atoms with E-state index in [1.54, 1.807) is 6.07 Å². The van der Waals surface area contributed by atoms with Gasteiger partial charge in [-0.05, 0) is 16.9 Å². The van der Waals surface area contributed by atoms with Crippen LogP contribution < -0.4 is 0 Å². The highest BCUT2D eigenvalue weighted by molar-refractivity contribution is 6.38. The van der Waals surface area contributed by atoms with Gasteiger partial charge < -0.3 is 0 Å². The molecule has 0 unspecified atom stereocenters. The lowest BCUT2D eigenvalue weighted by molar-refractivity contribution is 0.581. The molecular weight excluding hydrogens is 150 g/mol. The molecule has 0 aromatic heterocycles. The van der Waals surface area contributed by atoms with Crippen molar-refractivity contribution in [3.63, 3.8) is 0 Å².